The van der Waals surface area contributed by atoms with Crippen molar-refractivity contribution < 1.29 is 23.7 Å². The summed E-state index contributed by atoms with van der Waals surface area (Å²) < 4.78 is 23.1. The lowest BCUT2D eigenvalue weighted by molar-refractivity contribution is 0.0600. The fourth-order valence-corrected chi connectivity index (χ4v) is 4.18. The molecule has 0 unspecified atom stereocenters. The third kappa shape index (κ3) is 3.53. The van der Waals surface area contributed by atoms with Gasteiger partial charge in [-0.1, -0.05) is 12.1 Å². The Morgan fingerprint density at radius 2 is 1.74 bits per heavy atom. The van der Waals surface area contributed by atoms with Gasteiger partial charge in [0.1, 0.15) is 19.0 Å². The van der Waals surface area contributed by atoms with Gasteiger partial charge in [0.25, 0.3) is 5.56 Å². The highest BCUT2D eigenvalue weighted by Gasteiger charge is 2.24. The standard InChI is InChI=1S/C26H22N2O6/c1-15-22(26(30)32-3)23(16-4-7-18(31-2)8-5-16)24-19(27-15)10-11-28(25(24)29)17-6-9-20-21(14-17)34-13-12-33-20/h4-11,14H,12-13H2,1-3H3. The molecule has 2 aromatic heterocycles. The molecule has 0 saturated heterocycles. The molecule has 3 heterocycles. The lowest BCUT2D eigenvalue weighted by Gasteiger charge is -2.19. The molecule has 8 nitrogen and oxygen atoms in total. The van der Waals surface area contributed by atoms with Crippen LogP contribution in [0.5, 0.6) is 17.2 Å². The Bertz CT molecular complexity index is 1470. The number of carbonyl (C=O) groups is 1. The molecule has 0 amide bonds. The molecule has 0 atom stereocenters. The average Bonchev–Trinajstić information content (AvgIpc) is 2.87. The van der Waals surface area contributed by atoms with Gasteiger partial charge in [-0.25, -0.2) is 4.79 Å². The molecule has 172 valence electrons. The monoisotopic (exact) mass is 458 g/mol. The highest BCUT2D eigenvalue weighted by molar-refractivity contribution is 6.07. The van der Waals surface area contributed by atoms with Crippen molar-refractivity contribution in [2.24, 2.45) is 0 Å². The van der Waals surface area contributed by atoms with Gasteiger partial charge in [-0.05, 0) is 42.8 Å². The molecule has 0 radical (unpaired) electrons. The minimum Gasteiger partial charge on any atom is -0.497 e. The zero-order chi connectivity index (χ0) is 23.8. The number of rotatable bonds is 4. The number of nitrogens with zero attached hydrogens (tertiary/aromatic N) is 2. The Morgan fingerprint density at radius 1 is 1.00 bits per heavy atom. The summed E-state index contributed by atoms with van der Waals surface area (Å²) >= 11 is 0. The molecule has 0 fully saturated rings. The van der Waals surface area contributed by atoms with Crippen molar-refractivity contribution in [1.82, 2.24) is 9.55 Å². The summed E-state index contributed by atoms with van der Waals surface area (Å²) in [6.45, 7) is 2.65. The molecule has 4 aromatic rings. The van der Waals surface area contributed by atoms with Crippen molar-refractivity contribution in [3.05, 3.63) is 76.3 Å². The van der Waals surface area contributed by atoms with Crippen LogP contribution in [0.3, 0.4) is 0 Å². The summed E-state index contributed by atoms with van der Waals surface area (Å²) in [5.41, 5.74) is 2.63. The van der Waals surface area contributed by atoms with Gasteiger partial charge in [0, 0.05) is 17.8 Å². The van der Waals surface area contributed by atoms with Crippen LogP contribution in [-0.4, -0.2) is 43.0 Å². The molecule has 8 heteroatoms. The first kappa shape index (κ1) is 21.5. The van der Waals surface area contributed by atoms with E-state index in [0.717, 1.165) is 0 Å². The van der Waals surface area contributed by atoms with E-state index in [2.05, 4.69) is 4.98 Å². The summed E-state index contributed by atoms with van der Waals surface area (Å²) in [5, 5.41) is 0.313. The van der Waals surface area contributed by atoms with Gasteiger partial charge in [0.2, 0.25) is 0 Å². The zero-order valence-electron chi connectivity index (χ0n) is 19.0. The minimum atomic E-state index is -0.563. The summed E-state index contributed by atoms with van der Waals surface area (Å²) in [4.78, 5) is 31.2. The minimum absolute atomic E-state index is 0.247. The number of aryl methyl sites for hydroxylation is 1. The van der Waals surface area contributed by atoms with Gasteiger partial charge in [0.05, 0.1) is 42.1 Å². The predicted octanol–water partition coefficient (Wildman–Crippen LogP) is 3.93. The van der Waals surface area contributed by atoms with E-state index in [0.29, 0.717) is 63.9 Å². The van der Waals surface area contributed by atoms with Crippen molar-refractivity contribution in [2.45, 2.75) is 6.92 Å². The van der Waals surface area contributed by atoms with E-state index in [1.807, 2.05) is 0 Å². The van der Waals surface area contributed by atoms with Crippen molar-refractivity contribution in [2.75, 3.05) is 27.4 Å². The number of benzene rings is 2. The molecule has 34 heavy (non-hydrogen) atoms. The second-order valence-corrected chi connectivity index (χ2v) is 7.75. The molecule has 0 aliphatic carbocycles. The Hall–Kier alpha value is -4.33. The van der Waals surface area contributed by atoms with Gasteiger partial charge < -0.3 is 18.9 Å². The van der Waals surface area contributed by atoms with Crippen LogP contribution in [-0.2, 0) is 4.74 Å². The van der Waals surface area contributed by atoms with Crippen molar-refractivity contribution in [3.8, 4) is 34.1 Å². The Kier molecular flexibility index (Phi) is 5.41. The van der Waals surface area contributed by atoms with Crippen molar-refractivity contribution >= 4 is 16.9 Å². The number of carbonyl (C=O) groups excluding carboxylic acids is 1. The van der Waals surface area contributed by atoms with Crippen LogP contribution in [0.15, 0.2) is 59.5 Å². The molecule has 0 bridgehead atoms. The quantitative estimate of drug-likeness (QED) is 0.428. The average molecular weight is 458 g/mol. The van der Waals surface area contributed by atoms with Gasteiger partial charge in [-0.3, -0.25) is 14.3 Å². The van der Waals surface area contributed by atoms with Crippen LogP contribution in [0.2, 0.25) is 0 Å². The third-order valence-corrected chi connectivity index (χ3v) is 5.79. The fourth-order valence-electron chi connectivity index (χ4n) is 4.18. The van der Waals surface area contributed by atoms with Crippen molar-refractivity contribution in [1.29, 1.82) is 0 Å². The van der Waals surface area contributed by atoms with Crippen LogP contribution < -0.4 is 19.8 Å². The van der Waals surface area contributed by atoms with Crippen LogP contribution in [0.4, 0.5) is 0 Å². The van der Waals surface area contributed by atoms with E-state index in [1.165, 1.54) is 11.7 Å². The first-order valence-corrected chi connectivity index (χ1v) is 10.7. The van der Waals surface area contributed by atoms with Gasteiger partial charge in [-0.2, -0.15) is 0 Å². The van der Waals surface area contributed by atoms with E-state index in [9.17, 15) is 9.59 Å². The molecular weight excluding hydrogens is 436 g/mol. The number of pyridine rings is 2. The number of ether oxygens (including phenoxy) is 4. The number of methoxy groups -OCH3 is 2. The molecular formula is C26H22N2O6. The van der Waals surface area contributed by atoms with Crippen LogP contribution >= 0.6 is 0 Å². The maximum atomic E-state index is 13.9. The summed E-state index contributed by atoms with van der Waals surface area (Å²) in [6, 6.07) is 14.3. The maximum Gasteiger partial charge on any atom is 0.340 e. The number of hydrogen-bond donors (Lipinski definition) is 0. The maximum absolute atomic E-state index is 13.9. The zero-order valence-corrected chi connectivity index (χ0v) is 19.0. The number of hydrogen-bond acceptors (Lipinski definition) is 7. The Morgan fingerprint density at radius 3 is 2.44 bits per heavy atom. The highest BCUT2D eigenvalue weighted by Crippen LogP contribution is 2.34. The molecule has 1 aliphatic rings. The van der Waals surface area contributed by atoms with Crippen molar-refractivity contribution in [3.63, 3.8) is 0 Å². The largest absolute Gasteiger partial charge is 0.497 e. The summed E-state index contributed by atoms with van der Waals surface area (Å²) in [6.07, 6.45) is 1.66. The van der Waals surface area contributed by atoms with E-state index in [4.69, 9.17) is 18.9 Å². The van der Waals surface area contributed by atoms with E-state index in [-0.39, 0.29) is 11.1 Å². The van der Waals surface area contributed by atoms with Gasteiger partial charge >= 0.3 is 5.97 Å². The Balaban J connectivity index is 1.81. The lowest BCUT2D eigenvalue weighted by Crippen LogP contribution is -2.21. The molecule has 0 N–H and O–H groups in total. The van der Waals surface area contributed by atoms with Gasteiger partial charge in [-0.15, -0.1) is 0 Å². The van der Waals surface area contributed by atoms with Gasteiger partial charge in [0.15, 0.2) is 11.5 Å². The first-order valence-electron chi connectivity index (χ1n) is 10.7. The SMILES string of the molecule is COC(=O)c1c(C)nc2ccn(-c3ccc4c(c3)OCCO4)c(=O)c2c1-c1ccc(OC)cc1. The molecule has 0 saturated carbocycles. The molecule has 0 spiro atoms. The first-order chi connectivity index (χ1) is 16.5. The third-order valence-electron chi connectivity index (χ3n) is 5.79. The summed E-state index contributed by atoms with van der Waals surface area (Å²) in [7, 11) is 2.88. The second kappa shape index (κ2) is 8.55. The smallest absolute Gasteiger partial charge is 0.340 e. The van der Waals surface area contributed by atoms with E-state index in [1.54, 1.807) is 68.8 Å². The lowest BCUT2D eigenvalue weighted by atomic mass is 9.95. The molecule has 2 aromatic carbocycles. The molecule has 1 aliphatic heterocycles. The fraction of sp³-hybridized carbons (Fsp3) is 0.192. The Labute approximate surface area is 195 Å². The van der Waals surface area contributed by atoms with Crippen LogP contribution in [0.1, 0.15) is 16.1 Å². The van der Waals surface area contributed by atoms with Crippen LogP contribution in [0.25, 0.3) is 27.7 Å². The van der Waals surface area contributed by atoms with Crippen LogP contribution in [0, 0.1) is 6.92 Å². The topological polar surface area (TPSA) is 88.9 Å². The number of esters is 1. The number of aromatic nitrogens is 2. The summed E-state index contributed by atoms with van der Waals surface area (Å²) in [5.74, 6) is 1.30. The second-order valence-electron chi connectivity index (χ2n) is 7.75. The molecule has 5 rings (SSSR count). The predicted molar refractivity (Wildman–Crippen MR) is 126 cm³/mol. The number of fused-ring (bicyclic) bond motifs is 2. The van der Waals surface area contributed by atoms with E-state index < -0.39 is 5.97 Å². The van der Waals surface area contributed by atoms with E-state index >= 15 is 0 Å². The normalized spacial score (nSPS) is 12.4. The highest BCUT2D eigenvalue weighted by atomic mass is 16.6.